The fourth-order valence-corrected chi connectivity index (χ4v) is 2.87. The van der Waals surface area contributed by atoms with Crippen LogP contribution in [0.15, 0.2) is 42.7 Å². The second-order valence-corrected chi connectivity index (χ2v) is 5.72. The van der Waals surface area contributed by atoms with Gasteiger partial charge in [0, 0.05) is 35.0 Å². The normalized spacial score (nSPS) is 17.3. The van der Waals surface area contributed by atoms with Crippen LogP contribution in [0.4, 0.5) is 0 Å². The van der Waals surface area contributed by atoms with E-state index >= 15 is 0 Å². The maximum absolute atomic E-state index is 10.9. The maximum Gasteiger partial charge on any atom is 0.153 e. The third kappa shape index (κ3) is 3.30. The van der Waals surface area contributed by atoms with E-state index in [0.717, 1.165) is 22.4 Å². The van der Waals surface area contributed by atoms with Gasteiger partial charge in [0.1, 0.15) is 5.75 Å². The van der Waals surface area contributed by atoms with Gasteiger partial charge in [0.15, 0.2) is 11.1 Å². The van der Waals surface area contributed by atoms with Gasteiger partial charge in [-0.1, -0.05) is 17.9 Å². The summed E-state index contributed by atoms with van der Waals surface area (Å²) in [5.74, 6) is 7.04. The Morgan fingerprint density at radius 3 is 2.95 bits per heavy atom. The molecule has 2 atom stereocenters. The lowest BCUT2D eigenvalue weighted by Crippen LogP contribution is -2.10. The first kappa shape index (κ1) is 13.8. The highest BCUT2D eigenvalue weighted by Gasteiger charge is 2.25. The summed E-state index contributed by atoms with van der Waals surface area (Å²) >= 11 is -1.81. The number of aromatic nitrogens is 1. The van der Waals surface area contributed by atoms with Crippen LogP contribution in [-0.4, -0.2) is 26.1 Å². The molecular formula is C16H13NO3S. The molecule has 1 aromatic heterocycles. The highest BCUT2D eigenvalue weighted by atomic mass is 32.2. The quantitative estimate of drug-likeness (QED) is 0.682. The molecule has 2 aromatic rings. The Bertz CT molecular complexity index is 734. The van der Waals surface area contributed by atoms with E-state index in [4.69, 9.17) is 9.29 Å². The zero-order chi connectivity index (χ0) is 14.7. The van der Waals surface area contributed by atoms with Crippen molar-refractivity contribution < 1.29 is 13.5 Å². The largest absolute Gasteiger partial charge is 0.493 e. The summed E-state index contributed by atoms with van der Waals surface area (Å²) < 4.78 is 25.5. The molecule has 0 radical (unpaired) electrons. The van der Waals surface area contributed by atoms with Crippen LogP contribution in [0.5, 0.6) is 5.75 Å². The second kappa shape index (κ2) is 6.08. The Hall–Kier alpha value is -2.16. The van der Waals surface area contributed by atoms with Gasteiger partial charge in [-0.05, 0) is 24.3 Å². The molecular weight excluding hydrogens is 286 g/mol. The zero-order valence-electron chi connectivity index (χ0n) is 11.2. The van der Waals surface area contributed by atoms with E-state index in [-0.39, 0.29) is 11.7 Å². The molecule has 1 aliphatic heterocycles. The average Bonchev–Trinajstić information content (AvgIpc) is 2.88. The molecule has 0 bridgehead atoms. The topological polar surface area (TPSA) is 59.4 Å². The highest BCUT2D eigenvalue weighted by molar-refractivity contribution is 7.79. The minimum absolute atomic E-state index is 0.0221. The van der Waals surface area contributed by atoms with E-state index in [0.29, 0.717) is 6.61 Å². The first-order valence-corrected chi connectivity index (χ1v) is 7.76. The Morgan fingerprint density at radius 2 is 2.19 bits per heavy atom. The molecule has 1 aliphatic rings. The van der Waals surface area contributed by atoms with E-state index in [2.05, 4.69) is 16.8 Å². The molecule has 0 spiro atoms. The van der Waals surface area contributed by atoms with Crippen molar-refractivity contribution in [3.8, 4) is 17.6 Å². The van der Waals surface area contributed by atoms with Crippen LogP contribution in [0.1, 0.15) is 22.6 Å². The minimum Gasteiger partial charge on any atom is -0.493 e. The lowest BCUT2D eigenvalue weighted by molar-refractivity contribution is 0.337. The van der Waals surface area contributed by atoms with Crippen molar-refractivity contribution in [1.82, 2.24) is 4.98 Å². The van der Waals surface area contributed by atoms with Crippen LogP contribution in [0.3, 0.4) is 0 Å². The van der Waals surface area contributed by atoms with Gasteiger partial charge in [-0.3, -0.25) is 4.98 Å². The van der Waals surface area contributed by atoms with E-state index in [1.54, 1.807) is 12.4 Å². The van der Waals surface area contributed by atoms with Crippen molar-refractivity contribution >= 4 is 11.1 Å². The molecule has 2 unspecified atom stereocenters. The summed E-state index contributed by atoms with van der Waals surface area (Å²) in [5, 5.41) is 0. The van der Waals surface area contributed by atoms with E-state index in [9.17, 15) is 4.21 Å². The van der Waals surface area contributed by atoms with Crippen molar-refractivity contribution in [3.05, 3.63) is 59.4 Å². The summed E-state index contributed by atoms with van der Waals surface area (Å²) in [4.78, 5) is 4.01. The fraction of sp³-hybridized carbons (Fsp3) is 0.188. The number of rotatable bonds is 2. The van der Waals surface area contributed by atoms with Crippen LogP contribution < -0.4 is 4.74 Å². The van der Waals surface area contributed by atoms with Gasteiger partial charge in [0.2, 0.25) is 0 Å². The number of hydrogen-bond acceptors (Lipinski definition) is 3. The summed E-state index contributed by atoms with van der Waals surface area (Å²) in [6.07, 6.45) is 3.42. The molecule has 0 amide bonds. The van der Waals surface area contributed by atoms with Gasteiger partial charge in [-0.2, -0.15) is 0 Å². The van der Waals surface area contributed by atoms with Crippen LogP contribution in [0.2, 0.25) is 0 Å². The smallest absolute Gasteiger partial charge is 0.153 e. The van der Waals surface area contributed by atoms with Gasteiger partial charge >= 0.3 is 0 Å². The van der Waals surface area contributed by atoms with Gasteiger partial charge in [0.05, 0.1) is 12.4 Å². The van der Waals surface area contributed by atoms with Crippen molar-refractivity contribution in [1.29, 1.82) is 0 Å². The molecule has 3 rings (SSSR count). The molecule has 1 aromatic carbocycles. The van der Waals surface area contributed by atoms with Gasteiger partial charge in [-0.15, -0.1) is 0 Å². The van der Waals surface area contributed by atoms with Crippen LogP contribution in [-0.2, 0) is 11.1 Å². The van der Waals surface area contributed by atoms with Gasteiger partial charge in [0.25, 0.3) is 0 Å². The Morgan fingerprint density at radius 1 is 1.33 bits per heavy atom. The highest BCUT2D eigenvalue weighted by Crippen LogP contribution is 2.34. The first-order valence-electron chi connectivity index (χ1n) is 6.48. The van der Waals surface area contributed by atoms with Crippen molar-refractivity contribution in [2.75, 3.05) is 12.4 Å². The molecule has 0 aliphatic carbocycles. The third-order valence-corrected chi connectivity index (χ3v) is 3.94. The van der Waals surface area contributed by atoms with Gasteiger partial charge in [-0.25, -0.2) is 4.21 Å². The number of pyridine rings is 1. The SMILES string of the molecule is O=S(O)CC1COc2cc(C#Cc3cccnc3)ccc21. The predicted molar refractivity (Wildman–Crippen MR) is 80.5 cm³/mol. The monoisotopic (exact) mass is 299 g/mol. The zero-order valence-corrected chi connectivity index (χ0v) is 12.0. The van der Waals surface area contributed by atoms with Gasteiger partial charge < -0.3 is 9.29 Å². The maximum atomic E-state index is 10.9. The summed E-state index contributed by atoms with van der Waals surface area (Å²) in [5.41, 5.74) is 2.68. The summed E-state index contributed by atoms with van der Waals surface area (Å²) in [6, 6.07) is 9.45. The molecule has 4 nitrogen and oxygen atoms in total. The number of fused-ring (bicyclic) bond motifs is 1. The third-order valence-electron chi connectivity index (χ3n) is 3.25. The Balaban J connectivity index is 1.82. The summed E-state index contributed by atoms with van der Waals surface area (Å²) in [6.45, 7) is 0.446. The molecule has 21 heavy (non-hydrogen) atoms. The second-order valence-electron chi connectivity index (χ2n) is 4.74. The molecule has 106 valence electrons. The lowest BCUT2D eigenvalue weighted by atomic mass is 10.0. The van der Waals surface area contributed by atoms with Crippen LogP contribution in [0, 0.1) is 11.8 Å². The van der Waals surface area contributed by atoms with E-state index in [1.807, 2.05) is 30.3 Å². The Kier molecular flexibility index (Phi) is 4.00. The Labute approximate surface area is 125 Å². The van der Waals surface area contributed by atoms with Crippen molar-refractivity contribution in [2.45, 2.75) is 5.92 Å². The van der Waals surface area contributed by atoms with Crippen LogP contribution >= 0.6 is 0 Å². The fourth-order valence-electron chi connectivity index (χ4n) is 2.25. The lowest BCUT2D eigenvalue weighted by Gasteiger charge is -2.04. The first-order chi connectivity index (χ1) is 10.2. The minimum atomic E-state index is -1.81. The van der Waals surface area contributed by atoms with Crippen LogP contribution in [0.25, 0.3) is 0 Å². The standard InChI is InChI=1S/C16H13NO3S/c18-21(19)11-14-10-20-16-8-12(5-6-15(14)16)3-4-13-2-1-7-17-9-13/h1-2,5-9,14H,10-11H2,(H,18,19). The number of hydrogen-bond donors (Lipinski definition) is 1. The molecule has 2 heterocycles. The van der Waals surface area contributed by atoms with Crippen molar-refractivity contribution in [2.24, 2.45) is 0 Å². The number of nitrogens with zero attached hydrogens (tertiary/aromatic N) is 1. The molecule has 0 saturated carbocycles. The van der Waals surface area contributed by atoms with Crippen molar-refractivity contribution in [3.63, 3.8) is 0 Å². The van der Waals surface area contributed by atoms with E-state index in [1.165, 1.54) is 0 Å². The molecule has 1 N–H and O–H groups in total. The number of benzene rings is 1. The number of ether oxygens (including phenoxy) is 1. The molecule has 0 fully saturated rings. The van der Waals surface area contributed by atoms with E-state index < -0.39 is 11.1 Å². The summed E-state index contributed by atoms with van der Waals surface area (Å²) in [7, 11) is 0. The average molecular weight is 299 g/mol. The predicted octanol–water partition coefficient (Wildman–Crippen LogP) is 2.18. The molecule has 5 heteroatoms. The molecule has 0 saturated heterocycles.